The molecule has 0 aliphatic heterocycles. The molecule has 0 saturated heterocycles. The molecule has 3 aromatic carbocycles. The van der Waals surface area contributed by atoms with E-state index in [1.807, 2.05) is 12.1 Å². The quantitative estimate of drug-likeness (QED) is 0.586. The molecule has 0 radical (unpaired) electrons. The Balaban J connectivity index is 1.60. The zero-order valence-corrected chi connectivity index (χ0v) is 14.3. The van der Waals surface area contributed by atoms with Crippen LogP contribution >= 0.6 is 11.8 Å². The van der Waals surface area contributed by atoms with Gasteiger partial charge in [-0.15, -0.1) is 11.8 Å². The highest BCUT2D eigenvalue weighted by Crippen LogP contribution is 2.24. The van der Waals surface area contributed by atoms with E-state index in [1.165, 1.54) is 12.1 Å². The summed E-state index contributed by atoms with van der Waals surface area (Å²) in [5.74, 6) is -1.87. The number of carbonyl (C=O) groups excluding carboxylic acids is 1. The fraction of sp³-hybridized carbons (Fsp3) is 0.0500. The highest BCUT2D eigenvalue weighted by molar-refractivity contribution is 7.98. The molecule has 0 aliphatic rings. The van der Waals surface area contributed by atoms with Gasteiger partial charge >= 0.3 is 0 Å². The summed E-state index contributed by atoms with van der Waals surface area (Å²) < 4.78 is 39.4. The molecule has 3 rings (SSSR count). The maximum Gasteiger partial charge on any atom is 0.258 e. The summed E-state index contributed by atoms with van der Waals surface area (Å²) in [6.07, 6.45) is 0. The number of amides is 1. The second kappa shape index (κ2) is 8.10. The van der Waals surface area contributed by atoms with Gasteiger partial charge < -0.3 is 5.32 Å². The van der Waals surface area contributed by atoms with E-state index in [9.17, 15) is 18.0 Å². The van der Waals surface area contributed by atoms with E-state index in [1.54, 1.807) is 36.0 Å². The summed E-state index contributed by atoms with van der Waals surface area (Å²) in [6.45, 7) is 0. The zero-order chi connectivity index (χ0) is 18.5. The lowest BCUT2D eigenvalue weighted by atomic mass is 10.1. The van der Waals surface area contributed by atoms with Gasteiger partial charge in [0, 0.05) is 22.4 Å². The summed E-state index contributed by atoms with van der Waals surface area (Å²) in [6, 6.07) is 16.2. The van der Waals surface area contributed by atoms with E-state index in [0.29, 0.717) is 17.5 Å². The Morgan fingerprint density at radius 3 is 2.15 bits per heavy atom. The van der Waals surface area contributed by atoms with Crippen LogP contribution in [0.2, 0.25) is 0 Å². The molecular weight excluding hydrogens is 359 g/mol. The first kappa shape index (κ1) is 18.1. The fourth-order valence-electron chi connectivity index (χ4n) is 2.25. The molecular formula is C20H14F3NOS. The van der Waals surface area contributed by atoms with Crippen molar-refractivity contribution in [2.24, 2.45) is 0 Å². The molecule has 2 nitrogen and oxygen atoms in total. The monoisotopic (exact) mass is 373 g/mol. The fourth-order valence-corrected chi connectivity index (χ4v) is 3.11. The Hall–Kier alpha value is -2.73. The van der Waals surface area contributed by atoms with Crippen LogP contribution in [0.5, 0.6) is 0 Å². The molecule has 0 bridgehead atoms. The number of hydrogen-bond acceptors (Lipinski definition) is 2. The van der Waals surface area contributed by atoms with Gasteiger partial charge in [0.05, 0.1) is 5.56 Å². The number of nitrogens with one attached hydrogen (secondary N) is 1. The van der Waals surface area contributed by atoms with Crippen molar-refractivity contribution in [2.45, 2.75) is 10.6 Å². The molecule has 0 fully saturated rings. The predicted octanol–water partition coefficient (Wildman–Crippen LogP) is 5.65. The number of benzene rings is 3. The van der Waals surface area contributed by atoms with Gasteiger partial charge in [-0.1, -0.05) is 12.1 Å². The number of anilines is 1. The van der Waals surface area contributed by atoms with Gasteiger partial charge in [0.15, 0.2) is 0 Å². The third-order valence-electron chi connectivity index (χ3n) is 3.61. The van der Waals surface area contributed by atoms with Crippen molar-refractivity contribution in [3.63, 3.8) is 0 Å². The number of thioether (sulfide) groups is 1. The summed E-state index contributed by atoms with van der Waals surface area (Å²) in [7, 11) is 0. The Morgan fingerprint density at radius 1 is 0.846 bits per heavy atom. The van der Waals surface area contributed by atoms with E-state index in [-0.39, 0.29) is 11.4 Å². The van der Waals surface area contributed by atoms with E-state index >= 15 is 0 Å². The minimum atomic E-state index is -0.908. The maximum atomic E-state index is 13.6. The Labute approximate surface area is 153 Å². The van der Waals surface area contributed by atoms with Crippen LogP contribution in [0.15, 0.2) is 71.6 Å². The van der Waals surface area contributed by atoms with Crippen LogP contribution in [0, 0.1) is 17.5 Å². The molecule has 0 atom stereocenters. The molecule has 0 saturated carbocycles. The van der Waals surface area contributed by atoms with Crippen molar-refractivity contribution in [3.8, 4) is 0 Å². The highest BCUT2D eigenvalue weighted by Gasteiger charge is 2.12. The molecule has 3 aromatic rings. The Kier molecular flexibility index (Phi) is 5.63. The predicted molar refractivity (Wildman–Crippen MR) is 96.7 cm³/mol. The van der Waals surface area contributed by atoms with Crippen LogP contribution in [-0.4, -0.2) is 5.91 Å². The van der Waals surface area contributed by atoms with Crippen LogP contribution in [0.3, 0.4) is 0 Å². The lowest BCUT2D eigenvalue weighted by molar-refractivity contribution is 0.102. The van der Waals surface area contributed by atoms with Crippen molar-refractivity contribution in [1.29, 1.82) is 0 Å². The van der Waals surface area contributed by atoms with E-state index in [2.05, 4.69) is 5.32 Å². The number of halogens is 3. The third kappa shape index (κ3) is 4.67. The smallest absolute Gasteiger partial charge is 0.258 e. The van der Waals surface area contributed by atoms with Gasteiger partial charge in [0.25, 0.3) is 5.91 Å². The molecule has 0 aliphatic carbocycles. The second-order valence-electron chi connectivity index (χ2n) is 5.52. The van der Waals surface area contributed by atoms with Gasteiger partial charge in [-0.25, -0.2) is 13.2 Å². The molecule has 0 spiro atoms. The van der Waals surface area contributed by atoms with Crippen LogP contribution in [0.25, 0.3) is 0 Å². The van der Waals surface area contributed by atoms with Gasteiger partial charge in [-0.3, -0.25) is 4.79 Å². The summed E-state index contributed by atoms with van der Waals surface area (Å²) in [5, 5.41) is 2.58. The van der Waals surface area contributed by atoms with Gasteiger partial charge in [-0.05, 0) is 54.1 Å². The second-order valence-corrected chi connectivity index (χ2v) is 6.57. The molecule has 26 heavy (non-hydrogen) atoms. The minimum Gasteiger partial charge on any atom is -0.322 e. The topological polar surface area (TPSA) is 29.1 Å². The summed E-state index contributed by atoms with van der Waals surface area (Å²) in [4.78, 5) is 13.0. The lowest BCUT2D eigenvalue weighted by Gasteiger charge is -2.08. The first-order chi connectivity index (χ1) is 12.5. The van der Waals surface area contributed by atoms with Crippen molar-refractivity contribution in [2.75, 3.05) is 5.32 Å². The van der Waals surface area contributed by atoms with E-state index in [4.69, 9.17) is 0 Å². The average molecular weight is 373 g/mol. The number of hydrogen-bond donors (Lipinski definition) is 1. The average Bonchev–Trinajstić information content (AvgIpc) is 2.62. The standard InChI is InChI=1S/C20H14F3NOS/c21-14-3-8-17(9-4-14)26-12-13-1-6-16(7-2-13)24-20(25)18-10-5-15(22)11-19(18)23/h1-11H,12H2,(H,24,25). The van der Waals surface area contributed by atoms with Crippen molar-refractivity contribution in [1.82, 2.24) is 0 Å². The van der Waals surface area contributed by atoms with E-state index in [0.717, 1.165) is 22.6 Å². The maximum absolute atomic E-state index is 13.6. The van der Waals surface area contributed by atoms with Crippen LogP contribution < -0.4 is 5.32 Å². The largest absolute Gasteiger partial charge is 0.322 e. The van der Waals surface area contributed by atoms with E-state index < -0.39 is 17.5 Å². The van der Waals surface area contributed by atoms with Crippen LogP contribution in [0.4, 0.5) is 18.9 Å². The Morgan fingerprint density at radius 2 is 1.50 bits per heavy atom. The molecule has 132 valence electrons. The summed E-state index contributed by atoms with van der Waals surface area (Å²) >= 11 is 1.56. The van der Waals surface area contributed by atoms with Crippen molar-refractivity contribution in [3.05, 3.63) is 95.3 Å². The Bertz CT molecular complexity index is 911. The van der Waals surface area contributed by atoms with Crippen molar-refractivity contribution < 1.29 is 18.0 Å². The SMILES string of the molecule is O=C(Nc1ccc(CSc2ccc(F)cc2)cc1)c1ccc(F)cc1F. The molecule has 0 aromatic heterocycles. The molecule has 1 amide bonds. The first-order valence-corrected chi connectivity index (χ1v) is 8.73. The number of carbonyl (C=O) groups is 1. The van der Waals surface area contributed by atoms with Gasteiger partial charge in [-0.2, -0.15) is 0 Å². The van der Waals surface area contributed by atoms with Gasteiger partial charge in [0.1, 0.15) is 17.5 Å². The van der Waals surface area contributed by atoms with Crippen LogP contribution in [-0.2, 0) is 5.75 Å². The molecule has 0 unspecified atom stereocenters. The normalized spacial score (nSPS) is 10.6. The first-order valence-electron chi connectivity index (χ1n) is 7.75. The molecule has 0 heterocycles. The van der Waals surface area contributed by atoms with Crippen LogP contribution in [0.1, 0.15) is 15.9 Å². The van der Waals surface area contributed by atoms with Gasteiger partial charge in [0.2, 0.25) is 0 Å². The third-order valence-corrected chi connectivity index (χ3v) is 4.69. The summed E-state index contributed by atoms with van der Waals surface area (Å²) in [5.41, 5.74) is 1.31. The number of rotatable bonds is 5. The zero-order valence-electron chi connectivity index (χ0n) is 13.5. The lowest BCUT2D eigenvalue weighted by Crippen LogP contribution is -2.13. The van der Waals surface area contributed by atoms with Crippen molar-refractivity contribution >= 4 is 23.4 Å². The highest BCUT2D eigenvalue weighted by atomic mass is 32.2. The minimum absolute atomic E-state index is 0.220. The molecule has 6 heteroatoms. The molecule has 1 N–H and O–H groups in total.